The van der Waals surface area contributed by atoms with Gasteiger partial charge >= 0.3 is 0 Å². The summed E-state index contributed by atoms with van der Waals surface area (Å²) in [5.41, 5.74) is 0. The molecular weight excluding hydrogens is 356 g/mol. The lowest BCUT2D eigenvalue weighted by Crippen LogP contribution is -2.51. The quantitative estimate of drug-likeness (QED) is 0.321. The number of aromatic nitrogens is 1. The van der Waals surface area contributed by atoms with Crippen LogP contribution in [0.3, 0.4) is 0 Å². The minimum absolute atomic E-state index is 0.180. The molecule has 0 radical (unpaired) electrons. The molecular formula is C17H24N4O4S. The van der Waals surface area contributed by atoms with Gasteiger partial charge in [0.25, 0.3) is 0 Å². The zero-order chi connectivity index (χ0) is 19.0. The second-order valence-electron chi connectivity index (χ2n) is 5.92. The van der Waals surface area contributed by atoms with Crippen molar-refractivity contribution in [2.45, 2.75) is 25.8 Å². The number of nitrogens with zero attached hydrogens (tertiary/aromatic N) is 4. The van der Waals surface area contributed by atoms with Gasteiger partial charge in [-0.15, -0.1) is 5.92 Å². The van der Waals surface area contributed by atoms with Crippen molar-refractivity contribution in [2.24, 2.45) is 0 Å². The summed E-state index contributed by atoms with van der Waals surface area (Å²) in [5, 5.41) is 9.96. The highest BCUT2D eigenvalue weighted by molar-refractivity contribution is 7.89. The highest BCUT2D eigenvalue weighted by atomic mass is 32.2. The van der Waals surface area contributed by atoms with Gasteiger partial charge in [-0.2, -0.15) is 4.31 Å². The molecule has 2 heterocycles. The summed E-state index contributed by atoms with van der Waals surface area (Å²) in [4.78, 5) is 17.1. The molecule has 0 bridgehead atoms. The molecule has 1 amide bonds. The van der Waals surface area contributed by atoms with Gasteiger partial charge in [-0.1, -0.05) is 18.9 Å². The third-order valence-electron chi connectivity index (χ3n) is 4.04. The second kappa shape index (κ2) is 9.52. The molecule has 1 aromatic heterocycles. The first-order valence-corrected chi connectivity index (χ1v) is 10.1. The Morgan fingerprint density at radius 2 is 2.08 bits per heavy atom. The molecule has 1 aliphatic rings. The lowest BCUT2D eigenvalue weighted by atomic mass is 10.3. The van der Waals surface area contributed by atoms with Crippen LogP contribution in [0, 0.1) is 11.8 Å². The summed E-state index contributed by atoms with van der Waals surface area (Å²) in [6.07, 6.45) is 3.27. The van der Waals surface area contributed by atoms with Crippen molar-refractivity contribution >= 4 is 22.3 Å². The van der Waals surface area contributed by atoms with Crippen LogP contribution in [0.5, 0.6) is 0 Å². The van der Waals surface area contributed by atoms with E-state index in [0.29, 0.717) is 37.7 Å². The van der Waals surface area contributed by atoms with Crippen molar-refractivity contribution < 1.29 is 18.4 Å². The predicted molar refractivity (Wildman–Crippen MR) is 98.0 cm³/mol. The third-order valence-corrected chi connectivity index (χ3v) is 5.93. The number of carbonyl (C=O) groups excluding carboxylic acids is 1. The minimum atomic E-state index is -3.66. The number of amides is 1. The summed E-state index contributed by atoms with van der Waals surface area (Å²) < 4.78 is 26.7. The standard InChI is InChI=1S/C17H24N4O4S/c1-2-3-4-7-16(21(23)15-22)14-26(24,25)20-12-10-19(11-13-20)17-8-5-6-9-18-17/h5-6,8-9,15-16,23H,2-3,10-14H2,1H3. The van der Waals surface area contributed by atoms with E-state index in [1.165, 1.54) is 4.31 Å². The van der Waals surface area contributed by atoms with Gasteiger partial charge in [-0.3, -0.25) is 10.0 Å². The Bertz CT molecular complexity index is 737. The van der Waals surface area contributed by atoms with E-state index in [1.54, 1.807) is 6.20 Å². The van der Waals surface area contributed by atoms with Gasteiger partial charge in [0, 0.05) is 38.8 Å². The maximum absolute atomic E-state index is 12.7. The van der Waals surface area contributed by atoms with Gasteiger partial charge in [0.15, 0.2) is 0 Å². The van der Waals surface area contributed by atoms with Gasteiger partial charge in [0.1, 0.15) is 11.9 Å². The topological polar surface area (TPSA) is 94.1 Å². The second-order valence-corrected chi connectivity index (χ2v) is 7.94. The fourth-order valence-electron chi connectivity index (χ4n) is 2.61. The first-order chi connectivity index (χ1) is 12.5. The molecule has 1 aliphatic heterocycles. The third kappa shape index (κ3) is 5.42. The van der Waals surface area contributed by atoms with Crippen LogP contribution < -0.4 is 4.90 Å². The summed E-state index contributed by atoms with van der Waals surface area (Å²) in [5.74, 6) is 5.85. The van der Waals surface area contributed by atoms with Crippen molar-refractivity contribution in [3.05, 3.63) is 24.4 Å². The number of hydrogen-bond donors (Lipinski definition) is 1. The fraction of sp³-hybridized carbons (Fsp3) is 0.529. The van der Waals surface area contributed by atoms with E-state index in [9.17, 15) is 18.4 Å². The van der Waals surface area contributed by atoms with Gasteiger partial charge < -0.3 is 4.90 Å². The number of hydrogen-bond acceptors (Lipinski definition) is 6. The number of carbonyl (C=O) groups is 1. The Hall–Kier alpha value is -2.15. The van der Waals surface area contributed by atoms with Crippen molar-refractivity contribution in [2.75, 3.05) is 36.8 Å². The van der Waals surface area contributed by atoms with Crippen LogP contribution in [0.15, 0.2) is 24.4 Å². The Morgan fingerprint density at radius 1 is 1.35 bits per heavy atom. The average molecular weight is 380 g/mol. The van der Waals surface area contributed by atoms with Crippen LogP contribution in [-0.4, -0.2) is 72.4 Å². The SMILES string of the molecule is CCCC#CC(CS(=O)(=O)N1CCN(c2ccccn2)CC1)N(O)C=O. The molecule has 1 fully saturated rings. The highest BCUT2D eigenvalue weighted by Gasteiger charge is 2.31. The van der Waals surface area contributed by atoms with E-state index >= 15 is 0 Å². The molecule has 9 heteroatoms. The van der Waals surface area contributed by atoms with Crippen LogP contribution in [0.2, 0.25) is 0 Å². The number of piperazine rings is 1. The number of sulfonamides is 1. The summed E-state index contributed by atoms with van der Waals surface area (Å²) >= 11 is 0. The van der Waals surface area contributed by atoms with Gasteiger partial charge in [-0.05, 0) is 18.6 Å². The molecule has 1 saturated heterocycles. The number of rotatable bonds is 7. The van der Waals surface area contributed by atoms with E-state index < -0.39 is 21.8 Å². The van der Waals surface area contributed by atoms with E-state index in [-0.39, 0.29) is 6.41 Å². The molecule has 0 aliphatic carbocycles. The summed E-state index contributed by atoms with van der Waals surface area (Å²) in [6, 6.07) is 4.53. The average Bonchev–Trinajstić information content (AvgIpc) is 2.67. The van der Waals surface area contributed by atoms with E-state index in [4.69, 9.17) is 0 Å². The molecule has 0 saturated carbocycles. The zero-order valence-corrected chi connectivity index (χ0v) is 15.6. The Morgan fingerprint density at radius 3 is 2.65 bits per heavy atom. The Balaban J connectivity index is 2.01. The zero-order valence-electron chi connectivity index (χ0n) is 14.8. The van der Waals surface area contributed by atoms with Gasteiger partial charge in [0.2, 0.25) is 16.4 Å². The molecule has 1 aromatic rings. The number of pyridine rings is 1. The summed E-state index contributed by atoms with van der Waals surface area (Å²) in [7, 11) is -3.66. The van der Waals surface area contributed by atoms with Crippen molar-refractivity contribution in [3.63, 3.8) is 0 Å². The van der Waals surface area contributed by atoms with E-state index in [2.05, 4.69) is 16.8 Å². The molecule has 2 rings (SSSR count). The lowest BCUT2D eigenvalue weighted by molar-refractivity contribution is -0.153. The molecule has 0 spiro atoms. The molecule has 1 atom stereocenters. The fourth-order valence-corrected chi connectivity index (χ4v) is 4.18. The van der Waals surface area contributed by atoms with Gasteiger partial charge in [-0.25, -0.2) is 18.5 Å². The minimum Gasteiger partial charge on any atom is -0.354 e. The smallest absolute Gasteiger partial charge is 0.234 e. The lowest BCUT2D eigenvalue weighted by Gasteiger charge is -2.35. The largest absolute Gasteiger partial charge is 0.354 e. The molecule has 1 unspecified atom stereocenters. The maximum atomic E-state index is 12.7. The number of anilines is 1. The van der Waals surface area contributed by atoms with Gasteiger partial charge in [0.05, 0.1) is 5.75 Å². The maximum Gasteiger partial charge on any atom is 0.234 e. The first kappa shape index (κ1) is 20.2. The van der Waals surface area contributed by atoms with Crippen molar-refractivity contribution in [3.8, 4) is 11.8 Å². The molecule has 26 heavy (non-hydrogen) atoms. The van der Waals surface area contributed by atoms with Crippen molar-refractivity contribution in [1.82, 2.24) is 14.4 Å². The first-order valence-electron chi connectivity index (χ1n) is 8.52. The van der Waals surface area contributed by atoms with Crippen molar-refractivity contribution in [1.29, 1.82) is 0 Å². The Kier molecular flexibility index (Phi) is 7.38. The predicted octanol–water partition coefficient (Wildman–Crippen LogP) is 0.553. The molecule has 0 aromatic carbocycles. The van der Waals surface area contributed by atoms with Crippen LogP contribution in [0.1, 0.15) is 19.8 Å². The van der Waals surface area contributed by atoms with Crippen LogP contribution >= 0.6 is 0 Å². The molecule has 142 valence electrons. The van der Waals surface area contributed by atoms with Crippen LogP contribution in [0.4, 0.5) is 5.82 Å². The van der Waals surface area contributed by atoms with E-state index in [1.807, 2.05) is 30.0 Å². The number of unbranched alkanes of at least 4 members (excludes halogenated alkanes) is 1. The highest BCUT2D eigenvalue weighted by Crippen LogP contribution is 2.15. The Labute approximate surface area is 154 Å². The summed E-state index contributed by atoms with van der Waals surface area (Å²) in [6.45, 7) is 3.64. The number of hydroxylamine groups is 2. The molecule has 1 N–H and O–H groups in total. The van der Waals surface area contributed by atoms with E-state index in [0.717, 1.165) is 12.2 Å². The van der Waals surface area contributed by atoms with Crippen LogP contribution in [-0.2, 0) is 14.8 Å². The molecule has 8 nitrogen and oxygen atoms in total. The van der Waals surface area contributed by atoms with Crippen LogP contribution in [0.25, 0.3) is 0 Å². The normalized spacial score (nSPS) is 16.5. The monoisotopic (exact) mass is 380 g/mol.